The van der Waals surface area contributed by atoms with E-state index in [0.29, 0.717) is 12.1 Å². The predicted octanol–water partition coefficient (Wildman–Crippen LogP) is 4.66. The zero-order valence-corrected chi connectivity index (χ0v) is 12.4. The number of nitrogens with one attached hydrogen (secondary N) is 2. The first kappa shape index (κ1) is 13.0. The minimum atomic E-state index is 0.379. The van der Waals surface area contributed by atoms with E-state index >= 15 is 0 Å². The number of fused-ring (bicyclic) bond motifs is 1. The molecular weight excluding hydrogens is 244 g/mol. The van der Waals surface area contributed by atoms with Crippen LogP contribution in [0.3, 0.4) is 0 Å². The minimum absolute atomic E-state index is 0.379. The Kier molecular flexibility index (Phi) is 3.39. The lowest BCUT2D eigenvalue weighted by Crippen LogP contribution is -2.29. The third kappa shape index (κ3) is 2.64. The number of anilines is 2. The molecule has 1 unspecified atom stereocenters. The van der Waals surface area contributed by atoms with Crippen molar-refractivity contribution < 1.29 is 0 Å². The Morgan fingerprint density at radius 3 is 2.45 bits per heavy atom. The van der Waals surface area contributed by atoms with Gasteiger partial charge in [0.25, 0.3) is 0 Å². The molecule has 2 N–H and O–H groups in total. The van der Waals surface area contributed by atoms with Crippen molar-refractivity contribution in [3.63, 3.8) is 0 Å². The van der Waals surface area contributed by atoms with Gasteiger partial charge in [-0.25, -0.2) is 0 Å². The molecule has 0 radical (unpaired) electrons. The molecule has 20 heavy (non-hydrogen) atoms. The molecule has 2 atom stereocenters. The van der Waals surface area contributed by atoms with Crippen molar-refractivity contribution in [2.75, 3.05) is 10.6 Å². The highest BCUT2D eigenvalue weighted by molar-refractivity contribution is 5.59. The Bertz CT molecular complexity index is 601. The van der Waals surface area contributed by atoms with E-state index in [2.05, 4.69) is 73.9 Å². The summed E-state index contributed by atoms with van der Waals surface area (Å²) in [6.07, 6.45) is 1.10. The average Bonchev–Trinajstić information content (AvgIpc) is 2.42. The summed E-state index contributed by atoms with van der Waals surface area (Å²) in [5.41, 5.74) is 6.45. The molecule has 0 bridgehead atoms. The standard InChI is InChI=1S/C18H22N2/c1-12-4-7-15(8-5-12)20-18-11-14(3)19-17-9-6-13(2)10-16(17)18/h4-10,14,18-20H,11H2,1-3H3/t14?,18-/m1/s1. The Balaban J connectivity index is 1.90. The average molecular weight is 266 g/mol. The topological polar surface area (TPSA) is 24.1 Å². The zero-order chi connectivity index (χ0) is 14.1. The second kappa shape index (κ2) is 5.20. The fraction of sp³-hybridized carbons (Fsp3) is 0.333. The van der Waals surface area contributed by atoms with Crippen LogP contribution in [0.4, 0.5) is 11.4 Å². The third-order valence-corrected chi connectivity index (χ3v) is 3.97. The highest BCUT2D eigenvalue weighted by Gasteiger charge is 2.23. The van der Waals surface area contributed by atoms with Crippen molar-refractivity contribution in [1.82, 2.24) is 0 Å². The van der Waals surface area contributed by atoms with E-state index in [1.165, 1.54) is 28.1 Å². The van der Waals surface area contributed by atoms with Gasteiger partial charge in [-0.2, -0.15) is 0 Å². The minimum Gasteiger partial charge on any atom is -0.382 e. The quantitative estimate of drug-likeness (QED) is 0.826. The summed E-state index contributed by atoms with van der Waals surface area (Å²) >= 11 is 0. The van der Waals surface area contributed by atoms with Gasteiger partial charge in [0.15, 0.2) is 0 Å². The molecule has 3 rings (SSSR count). The molecule has 0 aromatic heterocycles. The van der Waals surface area contributed by atoms with E-state index in [0.717, 1.165) is 6.42 Å². The van der Waals surface area contributed by atoms with Crippen molar-refractivity contribution in [1.29, 1.82) is 0 Å². The van der Waals surface area contributed by atoms with E-state index in [-0.39, 0.29) is 0 Å². The molecule has 104 valence electrons. The van der Waals surface area contributed by atoms with Gasteiger partial charge in [-0.1, -0.05) is 35.4 Å². The van der Waals surface area contributed by atoms with Crippen LogP contribution < -0.4 is 10.6 Å². The van der Waals surface area contributed by atoms with Gasteiger partial charge in [-0.05, 0) is 51.0 Å². The molecule has 0 spiro atoms. The molecule has 0 saturated carbocycles. The fourth-order valence-electron chi connectivity index (χ4n) is 2.89. The van der Waals surface area contributed by atoms with Crippen LogP contribution in [0.1, 0.15) is 36.1 Å². The summed E-state index contributed by atoms with van der Waals surface area (Å²) in [6, 6.07) is 16.2. The van der Waals surface area contributed by atoms with Gasteiger partial charge in [0.2, 0.25) is 0 Å². The van der Waals surface area contributed by atoms with Gasteiger partial charge < -0.3 is 10.6 Å². The predicted molar refractivity (Wildman–Crippen MR) is 86.4 cm³/mol. The first-order valence-electron chi connectivity index (χ1n) is 7.32. The first-order chi connectivity index (χ1) is 9.61. The summed E-state index contributed by atoms with van der Waals surface area (Å²) in [6.45, 7) is 6.52. The van der Waals surface area contributed by atoms with E-state index in [1.807, 2.05) is 0 Å². The smallest absolute Gasteiger partial charge is 0.0553 e. The molecule has 2 aromatic rings. The van der Waals surface area contributed by atoms with Crippen LogP contribution in [0.25, 0.3) is 0 Å². The molecule has 2 aromatic carbocycles. The van der Waals surface area contributed by atoms with Crippen LogP contribution in [-0.2, 0) is 0 Å². The van der Waals surface area contributed by atoms with Gasteiger partial charge in [-0.3, -0.25) is 0 Å². The molecule has 0 amide bonds. The molecule has 2 nitrogen and oxygen atoms in total. The molecule has 0 saturated heterocycles. The highest BCUT2D eigenvalue weighted by atomic mass is 15.0. The second-order valence-electron chi connectivity index (χ2n) is 5.93. The van der Waals surface area contributed by atoms with Crippen LogP contribution in [0, 0.1) is 13.8 Å². The third-order valence-electron chi connectivity index (χ3n) is 3.97. The lowest BCUT2D eigenvalue weighted by atomic mass is 9.92. The van der Waals surface area contributed by atoms with Gasteiger partial charge in [0.1, 0.15) is 0 Å². The number of rotatable bonds is 2. The van der Waals surface area contributed by atoms with Crippen molar-refractivity contribution >= 4 is 11.4 Å². The molecule has 0 fully saturated rings. The lowest BCUT2D eigenvalue weighted by Gasteiger charge is -2.33. The summed E-state index contributed by atoms with van der Waals surface area (Å²) < 4.78 is 0. The summed E-state index contributed by atoms with van der Waals surface area (Å²) in [5.74, 6) is 0. The van der Waals surface area contributed by atoms with Crippen LogP contribution >= 0.6 is 0 Å². The molecule has 1 aliphatic rings. The van der Waals surface area contributed by atoms with E-state index in [1.54, 1.807) is 0 Å². The van der Waals surface area contributed by atoms with Crippen LogP contribution in [0.15, 0.2) is 42.5 Å². The Morgan fingerprint density at radius 2 is 1.70 bits per heavy atom. The van der Waals surface area contributed by atoms with Crippen molar-refractivity contribution in [2.24, 2.45) is 0 Å². The number of benzene rings is 2. The first-order valence-corrected chi connectivity index (χ1v) is 7.32. The maximum absolute atomic E-state index is 3.68. The van der Waals surface area contributed by atoms with Gasteiger partial charge >= 0.3 is 0 Å². The number of hydrogen-bond acceptors (Lipinski definition) is 2. The van der Waals surface area contributed by atoms with Crippen molar-refractivity contribution in [2.45, 2.75) is 39.3 Å². The van der Waals surface area contributed by atoms with Crippen LogP contribution in [0.2, 0.25) is 0 Å². The Labute approximate surface area is 121 Å². The maximum atomic E-state index is 3.68. The maximum Gasteiger partial charge on any atom is 0.0553 e. The van der Waals surface area contributed by atoms with Gasteiger partial charge in [0.05, 0.1) is 6.04 Å². The molecular formula is C18H22N2. The molecule has 0 aliphatic carbocycles. The van der Waals surface area contributed by atoms with E-state index < -0.39 is 0 Å². The van der Waals surface area contributed by atoms with Gasteiger partial charge in [-0.15, -0.1) is 0 Å². The summed E-state index contributed by atoms with van der Waals surface area (Å²) in [5, 5.41) is 7.25. The monoisotopic (exact) mass is 266 g/mol. The second-order valence-corrected chi connectivity index (χ2v) is 5.93. The fourth-order valence-corrected chi connectivity index (χ4v) is 2.89. The zero-order valence-electron chi connectivity index (χ0n) is 12.4. The normalized spacial score (nSPS) is 20.9. The van der Waals surface area contributed by atoms with Crippen LogP contribution in [0.5, 0.6) is 0 Å². The summed E-state index contributed by atoms with van der Waals surface area (Å²) in [4.78, 5) is 0. The lowest BCUT2D eigenvalue weighted by molar-refractivity contribution is 0.599. The highest BCUT2D eigenvalue weighted by Crippen LogP contribution is 2.35. The molecule has 1 aliphatic heterocycles. The van der Waals surface area contributed by atoms with E-state index in [9.17, 15) is 0 Å². The van der Waals surface area contributed by atoms with Crippen molar-refractivity contribution in [3.05, 3.63) is 59.2 Å². The van der Waals surface area contributed by atoms with Gasteiger partial charge in [0, 0.05) is 17.4 Å². The summed E-state index contributed by atoms with van der Waals surface area (Å²) in [7, 11) is 0. The number of hydrogen-bond donors (Lipinski definition) is 2. The Hall–Kier alpha value is -1.96. The molecule has 1 heterocycles. The van der Waals surface area contributed by atoms with E-state index in [4.69, 9.17) is 0 Å². The Morgan fingerprint density at radius 1 is 1.00 bits per heavy atom. The molecule has 2 heteroatoms. The largest absolute Gasteiger partial charge is 0.382 e. The number of aryl methyl sites for hydroxylation is 2. The van der Waals surface area contributed by atoms with Crippen molar-refractivity contribution in [3.8, 4) is 0 Å². The van der Waals surface area contributed by atoms with Crippen LogP contribution in [-0.4, -0.2) is 6.04 Å². The SMILES string of the molecule is Cc1ccc(N[C@@H]2CC(C)Nc3ccc(C)cc32)cc1.